The fraction of sp³-hybridized carbons (Fsp3) is 0.684. The Morgan fingerprint density at radius 1 is 1.10 bits per heavy atom. The number of nitrogens with one attached hydrogen (secondary N) is 1. The van der Waals surface area contributed by atoms with E-state index in [1.807, 2.05) is 0 Å². The van der Waals surface area contributed by atoms with Crippen LogP contribution in [0.4, 0.5) is 11.4 Å². The molecule has 21 heavy (non-hydrogen) atoms. The van der Waals surface area contributed by atoms with E-state index in [0.29, 0.717) is 0 Å². The van der Waals surface area contributed by atoms with Gasteiger partial charge >= 0.3 is 0 Å². The number of para-hydroxylation sites is 2. The van der Waals surface area contributed by atoms with Crippen molar-refractivity contribution in [2.24, 2.45) is 11.8 Å². The third-order valence-corrected chi connectivity index (χ3v) is 5.35. The second kappa shape index (κ2) is 7.20. The Morgan fingerprint density at radius 3 is 2.67 bits per heavy atom. The minimum absolute atomic E-state index is 0.911. The normalized spacial score (nSPS) is 25.3. The van der Waals surface area contributed by atoms with Crippen molar-refractivity contribution in [2.75, 3.05) is 29.9 Å². The predicted octanol–water partition coefficient (Wildman–Crippen LogP) is 4.92. The van der Waals surface area contributed by atoms with Gasteiger partial charge in [-0.1, -0.05) is 51.2 Å². The van der Waals surface area contributed by atoms with Crippen molar-refractivity contribution >= 4 is 11.4 Å². The average molecular weight is 286 g/mol. The summed E-state index contributed by atoms with van der Waals surface area (Å²) in [5.74, 6) is 1.94. The minimum atomic E-state index is 0.911. The van der Waals surface area contributed by atoms with Crippen LogP contribution in [-0.4, -0.2) is 19.6 Å². The van der Waals surface area contributed by atoms with Gasteiger partial charge in [-0.2, -0.15) is 0 Å². The summed E-state index contributed by atoms with van der Waals surface area (Å²) >= 11 is 0. The predicted molar refractivity (Wildman–Crippen MR) is 92.1 cm³/mol. The Hall–Kier alpha value is -1.18. The molecule has 1 saturated carbocycles. The first-order chi connectivity index (χ1) is 10.4. The van der Waals surface area contributed by atoms with Crippen LogP contribution in [0, 0.1) is 11.8 Å². The maximum Gasteiger partial charge on any atom is 0.0602 e. The van der Waals surface area contributed by atoms with E-state index in [9.17, 15) is 0 Å². The third-order valence-electron chi connectivity index (χ3n) is 5.35. The summed E-state index contributed by atoms with van der Waals surface area (Å²) in [5, 5.41) is 3.52. The summed E-state index contributed by atoms with van der Waals surface area (Å²) in [4.78, 5) is 2.61. The number of anilines is 2. The maximum atomic E-state index is 3.52. The Labute approximate surface area is 129 Å². The topological polar surface area (TPSA) is 15.3 Å². The van der Waals surface area contributed by atoms with E-state index in [0.717, 1.165) is 24.9 Å². The van der Waals surface area contributed by atoms with Crippen molar-refractivity contribution in [1.82, 2.24) is 0 Å². The van der Waals surface area contributed by atoms with Gasteiger partial charge in [-0.15, -0.1) is 0 Å². The molecule has 0 unspecified atom stereocenters. The molecular formula is C19H30N2. The summed E-state index contributed by atoms with van der Waals surface area (Å²) in [5.41, 5.74) is 2.73. The molecule has 0 radical (unpaired) electrons. The molecule has 2 nitrogen and oxygen atoms in total. The van der Waals surface area contributed by atoms with Crippen molar-refractivity contribution in [1.29, 1.82) is 0 Å². The number of hydrogen-bond acceptors (Lipinski definition) is 2. The molecule has 0 bridgehead atoms. The second-order valence-electron chi connectivity index (χ2n) is 6.92. The monoisotopic (exact) mass is 286 g/mol. The first-order valence-corrected chi connectivity index (χ1v) is 8.94. The van der Waals surface area contributed by atoms with Crippen molar-refractivity contribution in [2.45, 2.75) is 51.9 Å². The van der Waals surface area contributed by atoms with Crippen LogP contribution in [0.2, 0.25) is 0 Å². The van der Waals surface area contributed by atoms with Crippen molar-refractivity contribution in [3.63, 3.8) is 0 Å². The minimum Gasteiger partial charge on any atom is -0.382 e. The summed E-state index contributed by atoms with van der Waals surface area (Å²) < 4.78 is 0. The highest BCUT2D eigenvalue weighted by Crippen LogP contribution is 2.35. The summed E-state index contributed by atoms with van der Waals surface area (Å²) in [6.45, 7) is 5.82. The van der Waals surface area contributed by atoms with Gasteiger partial charge < -0.3 is 10.2 Å². The Kier molecular flexibility index (Phi) is 5.05. The SMILES string of the molecule is CCCCC1CCC(CN2CCNc3ccccc32)CC1. The summed E-state index contributed by atoms with van der Waals surface area (Å²) in [7, 11) is 0. The van der Waals surface area contributed by atoms with Crippen molar-refractivity contribution in [3.8, 4) is 0 Å². The lowest BCUT2D eigenvalue weighted by molar-refractivity contribution is 0.261. The molecule has 0 saturated heterocycles. The molecule has 0 spiro atoms. The maximum absolute atomic E-state index is 3.52. The standard InChI is InChI=1S/C19H30N2/c1-2-3-6-16-9-11-17(12-10-16)15-21-14-13-20-18-7-4-5-8-19(18)21/h4-5,7-8,16-17,20H,2-3,6,9-15H2,1H3. The number of unbranched alkanes of at least 4 members (excludes halogenated alkanes) is 1. The van der Waals surface area contributed by atoms with Gasteiger partial charge in [-0.05, 0) is 36.8 Å². The van der Waals surface area contributed by atoms with E-state index < -0.39 is 0 Å². The van der Waals surface area contributed by atoms with Crippen molar-refractivity contribution < 1.29 is 0 Å². The molecule has 0 aromatic heterocycles. The first-order valence-electron chi connectivity index (χ1n) is 8.94. The number of fused-ring (bicyclic) bond motifs is 1. The smallest absolute Gasteiger partial charge is 0.0602 e. The summed E-state index contributed by atoms with van der Waals surface area (Å²) in [6, 6.07) is 8.78. The van der Waals surface area contributed by atoms with Crippen LogP contribution in [0.25, 0.3) is 0 Å². The Bertz CT molecular complexity index is 435. The van der Waals surface area contributed by atoms with Gasteiger partial charge in [-0.3, -0.25) is 0 Å². The van der Waals surface area contributed by atoms with E-state index in [1.54, 1.807) is 0 Å². The van der Waals surface area contributed by atoms with E-state index in [1.165, 1.54) is 62.9 Å². The largest absolute Gasteiger partial charge is 0.382 e. The first kappa shape index (κ1) is 14.7. The molecule has 116 valence electrons. The van der Waals surface area contributed by atoms with Gasteiger partial charge in [-0.25, -0.2) is 0 Å². The van der Waals surface area contributed by atoms with E-state index >= 15 is 0 Å². The molecule has 2 heteroatoms. The molecule has 1 heterocycles. The molecule has 1 N–H and O–H groups in total. The van der Waals surface area contributed by atoms with Crippen LogP contribution >= 0.6 is 0 Å². The molecule has 1 aromatic carbocycles. The fourth-order valence-corrected chi connectivity index (χ4v) is 4.04. The second-order valence-corrected chi connectivity index (χ2v) is 6.92. The third kappa shape index (κ3) is 3.72. The lowest BCUT2D eigenvalue weighted by Gasteiger charge is -2.37. The van der Waals surface area contributed by atoms with Crippen LogP contribution in [0.15, 0.2) is 24.3 Å². The zero-order valence-electron chi connectivity index (χ0n) is 13.5. The molecular weight excluding hydrogens is 256 g/mol. The van der Waals surface area contributed by atoms with E-state index in [2.05, 4.69) is 41.4 Å². The van der Waals surface area contributed by atoms with Crippen LogP contribution < -0.4 is 10.2 Å². The van der Waals surface area contributed by atoms with Crippen molar-refractivity contribution in [3.05, 3.63) is 24.3 Å². The van der Waals surface area contributed by atoms with Gasteiger partial charge in [0.1, 0.15) is 0 Å². The molecule has 2 aliphatic rings. The van der Waals surface area contributed by atoms with Crippen LogP contribution in [0.5, 0.6) is 0 Å². The lowest BCUT2D eigenvalue weighted by atomic mass is 9.79. The number of hydrogen-bond donors (Lipinski definition) is 1. The number of benzene rings is 1. The van der Waals surface area contributed by atoms with Crippen LogP contribution in [-0.2, 0) is 0 Å². The highest BCUT2D eigenvalue weighted by molar-refractivity contribution is 5.71. The molecule has 0 atom stereocenters. The fourth-order valence-electron chi connectivity index (χ4n) is 4.04. The molecule has 1 fully saturated rings. The van der Waals surface area contributed by atoms with E-state index in [-0.39, 0.29) is 0 Å². The Morgan fingerprint density at radius 2 is 1.86 bits per heavy atom. The van der Waals surface area contributed by atoms with E-state index in [4.69, 9.17) is 0 Å². The molecule has 1 aliphatic carbocycles. The van der Waals surface area contributed by atoms with Gasteiger partial charge in [0.15, 0.2) is 0 Å². The quantitative estimate of drug-likeness (QED) is 0.827. The zero-order chi connectivity index (χ0) is 14.5. The summed E-state index contributed by atoms with van der Waals surface area (Å²) in [6.07, 6.45) is 10.1. The highest BCUT2D eigenvalue weighted by Gasteiger charge is 2.24. The zero-order valence-corrected chi connectivity index (χ0v) is 13.5. The number of rotatable bonds is 5. The lowest BCUT2D eigenvalue weighted by Crippen LogP contribution is -2.38. The van der Waals surface area contributed by atoms with Gasteiger partial charge in [0.2, 0.25) is 0 Å². The molecule has 0 amide bonds. The Balaban J connectivity index is 1.52. The molecule has 3 rings (SSSR count). The van der Waals surface area contributed by atoms with Gasteiger partial charge in [0.05, 0.1) is 11.4 Å². The van der Waals surface area contributed by atoms with Gasteiger partial charge in [0, 0.05) is 19.6 Å². The highest BCUT2D eigenvalue weighted by atomic mass is 15.2. The number of nitrogens with zero attached hydrogens (tertiary/aromatic N) is 1. The molecule has 1 aromatic rings. The average Bonchev–Trinajstić information content (AvgIpc) is 2.55. The van der Waals surface area contributed by atoms with Gasteiger partial charge in [0.25, 0.3) is 0 Å². The van der Waals surface area contributed by atoms with Crippen LogP contribution in [0.1, 0.15) is 51.9 Å². The molecule has 1 aliphatic heterocycles. The van der Waals surface area contributed by atoms with Crippen LogP contribution in [0.3, 0.4) is 0 Å².